The third-order valence-electron chi connectivity index (χ3n) is 3.19. The summed E-state index contributed by atoms with van der Waals surface area (Å²) in [6, 6.07) is 12.6. The number of rotatable bonds is 5. The lowest BCUT2D eigenvalue weighted by Crippen LogP contribution is -2.10. The molecule has 0 aliphatic carbocycles. The van der Waals surface area contributed by atoms with Gasteiger partial charge in [-0.3, -0.25) is 0 Å². The Morgan fingerprint density at radius 1 is 1.20 bits per heavy atom. The maximum absolute atomic E-state index is 4.44. The summed E-state index contributed by atoms with van der Waals surface area (Å²) in [6.07, 6.45) is 3.90. The maximum Gasteiger partial charge on any atom is 0.150 e. The van der Waals surface area contributed by atoms with Crippen molar-refractivity contribution in [1.29, 1.82) is 0 Å². The number of nitrogens with zero attached hydrogens (tertiary/aromatic N) is 2. The fraction of sp³-hybridized carbons (Fsp3) is 0.188. The third kappa shape index (κ3) is 2.91. The van der Waals surface area contributed by atoms with Gasteiger partial charge in [0, 0.05) is 31.2 Å². The van der Waals surface area contributed by atoms with Crippen LogP contribution < -0.4 is 5.32 Å². The highest BCUT2D eigenvalue weighted by Gasteiger charge is 2.05. The molecule has 102 valence electrons. The third-order valence-corrected chi connectivity index (χ3v) is 4.06. The monoisotopic (exact) mass is 283 g/mol. The SMILES string of the molecule is Cc1ccc(NCCn2ccnc2-c2cccs2)cc1. The van der Waals surface area contributed by atoms with Crippen LogP contribution in [0.3, 0.4) is 0 Å². The number of imidazole rings is 1. The Bertz CT molecular complexity index is 653. The highest BCUT2D eigenvalue weighted by atomic mass is 32.1. The molecular weight excluding hydrogens is 266 g/mol. The van der Waals surface area contributed by atoms with E-state index < -0.39 is 0 Å². The summed E-state index contributed by atoms with van der Waals surface area (Å²) in [5, 5.41) is 5.52. The smallest absolute Gasteiger partial charge is 0.150 e. The molecule has 20 heavy (non-hydrogen) atoms. The summed E-state index contributed by atoms with van der Waals surface area (Å²) in [7, 11) is 0. The van der Waals surface area contributed by atoms with Crippen LogP contribution >= 0.6 is 11.3 Å². The number of anilines is 1. The molecule has 4 heteroatoms. The molecule has 3 rings (SSSR count). The first kappa shape index (κ1) is 12.9. The van der Waals surface area contributed by atoms with Gasteiger partial charge in [0.15, 0.2) is 0 Å². The highest BCUT2D eigenvalue weighted by molar-refractivity contribution is 7.13. The minimum atomic E-state index is 0.887. The standard InChI is InChI=1S/C16H17N3S/c1-13-4-6-14(7-5-13)17-8-10-19-11-9-18-16(19)15-3-2-12-20-15/h2-7,9,11-12,17H,8,10H2,1H3. The van der Waals surface area contributed by atoms with Crippen molar-refractivity contribution in [3.05, 3.63) is 59.7 Å². The van der Waals surface area contributed by atoms with Crippen molar-refractivity contribution in [1.82, 2.24) is 9.55 Å². The van der Waals surface area contributed by atoms with Crippen LogP contribution in [0.25, 0.3) is 10.7 Å². The van der Waals surface area contributed by atoms with E-state index in [2.05, 4.69) is 63.6 Å². The van der Waals surface area contributed by atoms with Crippen molar-refractivity contribution in [2.75, 3.05) is 11.9 Å². The summed E-state index contributed by atoms with van der Waals surface area (Å²) in [4.78, 5) is 5.65. The first-order chi connectivity index (χ1) is 9.83. The van der Waals surface area contributed by atoms with Crippen molar-refractivity contribution >= 4 is 17.0 Å². The van der Waals surface area contributed by atoms with Crippen LogP contribution in [0.1, 0.15) is 5.56 Å². The molecule has 0 amide bonds. The largest absolute Gasteiger partial charge is 0.383 e. The lowest BCUT2D eigenvalue weighted by molar-refractivity contribution is 0.736. The molecule has 0 fully saturated rings. The predicted octanol–water partition coefficient (Wildman–Crippen LogP) is 4.03. The van der Waals surface area contributed by atoms with Crippen LogP contribution in [0.2, 0.25) is 0 Å². The lowest BCUT2D eigenvalue weighted by atomic mass is 10.2. The number of hydrogen-bond acceptors (Lipinski definition) is 3. The van der Waals surface area contributed by atoms with E-state index in [1.54, 1.807) is 11.3 Å². The molecule has 0 atom stereocenters. The Labute approximate surface area is 122 Å². The first-order valence-corrected chi connectivity index (χ1v) is 7.56. The molecule has 0 aliphatic rings. The van der Waals surface area contributed by atoms with Crippen molar-refractivity contribution < 1.29 is 0 Å². The molecule has 3 nitrogen and oxygen atoms in total. The van der Waals surface area contributed by atoms with Gasteiger partial charge in [0.2, 0.25) is 0 Å². The van der Waals surface area contributed by atoms with E-state index in [4.69, 9.17) is 0 Å². The van der Waals surface area contributed by atoms with Crippen molar-refractivity contribution in [3.8, 4) is 10.7 Å². The average Bonchev–Trinajstić information content (AvgIpc) is 3.11. The second-order valence-electron chi connectivity index (χ2n) is 4.71. The Hall–Kier alpha value is -2.07. The molecule has 0 spiro atoms. The molecule has 0 bridgehead atoms. The van der Waals surface area contributed by atoms with E-state index in [1.807, 2.05) is 12.4 Å². The quantitative estimate of drug-likeness (QED) is 0.766. The number of thiophene rings is 1. The van der Waals surface area contributed by atoms with Gasteiger partial charge in [0.1, 0.15) is 5.82 Å². The van der Waals surface area contributed by atoms with Gasteiger partial charge < -0.3 is 9.88 Å². The van der Waals surface area contributed by atoms with Gasteiger partial charge in [-0.05, 0) is 30.5 Å². The molecule has 0 aliphatic heterocycles. The average molecular weight is 283 g/mol. The molecule has 1 N–H and O–H groups in total. The van der Waals surface area contributed by atoms with Crippen LogP contribution in [0.5, 0.6) is 0 Å². The normalized spacial score (nSPS) is 10.7. The number of nitrogens with one attached hydrogen (secondary N) is 1. The minimum absolute atomic E-state index is 0.887. The van der Waals surface area contributed by atoms with Crippen molar-refractivity contribution in [2.24, 2.45) is 0 Å². The Balaban J connectivity index is 1.62. The van der Waals surface area contributed by atoms with Crippen LogP contribution in [0.4, 0.5) is 5.69 Å². The highest BCUT2D eigenvalue weighted by Crippen LogP contribution is 2.22. The van der Waals surface area contributed by atoms with E-state index in [9.17, 15) is 0 Å². The maximum atomic E-state index is 4.44. The van der Waals surface area contributed by atoms with E-state index in [0.717, 1.165) is 24.6 Å². The number of aromatic nitrogens is 2. The van der Waals surface area contributed by atoms with E-state index in [1.165, 1.54) is 10.4 Å². The van der Waals surface area contributed by atoms with Gasteiger partial charge in [0.05, 0.1) is 4.88 Å². The molecule has 3 aromatic rings. The van der Waals surface area contributed by atoms with E-state index in [-0.39, 0.29) is 0 Å². The molecule has 2 aromatic heterocycles. The summed E-state index contributed by atoms with van der Waals surface area (Å²) in [5.41, 5.74) is 2.44. The second-order valence-corrected chi connectivity index (χ2v) is 5.66. The van der Waals surface area contributed by atoms with Gasteiger partial charge >= 0.3 is 0 Å². The molecule has 0 unspecified atom stereocenters. The topological polar surface area (TPSA) is 29.9 Å². The number of benzene rings is 1. The first-order valence-electron chi connectivity index (χ1n) is 6.68. The predicted molar refractivity (Wildman–Crippen MR) is 85.2 cm³/mol. The molecule has 2 heterocycles. The second kappa shape index (κ2) is 5.92. The lowest BCUT2D eigenvalue weighted by Gasteiger charge is -2.09. The Kier molecular flexibility index (Phi) is 3.83. The summed E-state index contributed by atoms with van der Waals surface area (Å²) >= 11 is 1.72. The van der Waals surface area contributed by atoms with Crippen LogP contribution in [0.15, 0.2) is 54.2 Å². The van der Waals surface area contributed by atoms with Gasteiger partial charge in [-0.1, -0.05) is 23.8 Å². The van der Waals surface area contributed by atoms with Crippen LogP contribution in [-0.4, -0.2) is 16.1 Å². The number of hydrogen-bond donors (Lipinski definition) is 1. The summed E-state index contributed by atoms with van der Waals surface area (Å²) in [5.74, 6) is 1.05. The zero-order chi connectivity index (χ0) is 13.8. The number of aryl methyl sites for hydroxylation is 1. The molecule has 1 aromatic carbocycles. The summed E-state index contributed by atoms with van der Waals surface area (Å²) in [6.45, 7) is 3.89. The minimum Gasteiger partial charge on any atom is -0.383 e. The fourth-order valence-corrected chi connectivity index (χ4v) is 2.85. The van der Waals surface area contributed by atoms with E-state index in [0.29, 0.717) is 0 Å². The van der Waals surface area contributed by atoms with E-state index >= 15 is 0 Å². The molecular formula is C16H17N3S. The zero-order valence-corrected chi connectivity index (χ0v) is 12.2. The van der Waals surface area contributed by atoms with Gasteiger partial charge in [-0.25, -0.2) is 4.98 Å². The zero-order valence-electron chi connectivity index (χ0n) is 11.4. The van der Waals surface area contributed by atoms with Gasteiger partial charge in [-0.2, -0.15) is 0 Å². The summed E-state index contributed by atoms with van der Waals surface area (Å²) < 4.78 is 2.19. The Morgan fingerprint density at radius 3 is 2.80 bits per heavy atom. The molecule has 0 radical (unpaired) electrons. The van der Waals surface area contributed by atoms with Crippen LogP contribution in [0, 0.1) is 6.92 Å². The van der Waals surface area contributed by atoms with Crippen molar-refractivity contribution in [3.63, 3.8) is 0 Å². The molecule has 0 saturated heterocycles. The molecule has 0 saturated carbocycles. The van der Waals surface area contributed by atoms with Crippen molar-refractivity contribution in [2.45, 2.75) is 13.5 Å². The van der Waals surface area contributed by atoms with Crippen LogP contribution in [-0.2, 0) is 6.54 Å². The fourth-order valence-electron chi connectivity index (χ4n) is 2.11. The van der Waals surface area contributed by atoms with Gasteiger partial charge in [0.25, 0.3) is 0 Å². The Morgan fingerprint density at radius 2 is 2.05 bits per heavy atom. The van der Waals surface area contributed by atoms with Gasteiger partial charge in [-0.15, -0.1) is 11.3 Å².